The molecule has 2 N–H and O–H groups in total. The van der Waals surface area contributed by atoms with Gasteiger partial charge in [-0.3, -0.25) is 0 Å². The minimum absolute atomic E-state index is 0.463. The third-order valence-corrected chi connectivity index (χ3v) is 3.41. The van der Waals surface area contributed by atoms with Crippen LogP contribution < -0.4 is 20.1 Å². The van der Waals surface area contributed by atoms with Crippen molar-refractivity contribution in [1.29, 1.82) is 0 Å². The number of anilines is 1. The van der Waals surface area contributed by atoms with Crippen LogP contribution >= 0.6 is 23.8 Å². The summed E-state index contributed by atoms with van der Waals surface area (Å²) in [6.07, 6.45) is 0. The molecule has 0 fully saturated rings. The van der Waals surface area contributed by atoms with Crippen molar-refractivity contribution in [2.75, 3.05) is 25.6 Å². The highest BCUT2D eigenvalue weighted by molar-refractivity contribution is 7.80. The molecule has 0 atom stereocenters. The number of nitrogens with one attached hydrogen (secondary N) is 2. The van der Waals surface area contributed by atoms with Crippen molar-refractivity contribution < 1.29 is 9.47 Å². The second-order valence-corrected chi connectivity index (χ2v) is 5.18. The molecule has 0 amide bonds. The van der Waals surface area contributed by atoms with Crippen molar-refractivity contribution >= 4 is 34.6 Å². The Hall–Kier alpha value is -1.98. The third kappa shape index (κ3) is 4.79. The van der Waals surface area contributed by atoms with Crippen LogP contribution in [0.15, 0.2) is 48.5 Å². The number of benzene rings is 2. The van der Waals surface area contributed by atoms with Crippen LogP contribution in [0.3, 0.4) is 0 Å². The molecule has 0 bridgehead atoms. The van der Waals surface area contributed by atoms with E-state index in [0.717, 1.165) is 5.69 Å². The number of hydrogen-bond donors (Lipinski definition) is 2. The van der Waals surface area contributed by atoms with E-state index < -0.39 is 0 Å². The van der Waals surface area contributed by atoms with E-state index in [1.54, 1.807) is 13.2 Å². The second kappa shape index (κ2) is 8.46. The summed E-state index contributed by atoms with van der Waals surface area (Å²) < 4.78 is 10.9. The quantitative estimate of drug-likeness (QED) is 0.621. The van der Waals surface area contributed by atoms with Gasteiger partial charge in [-0.05, 0) is 36.5 Å². The highest BCUT2D eigenvalue weighted by atomic mass is 35.5. The van der Waals surface area contributed by atoms with E-state index in [0.29, 0.717) is 34.8 Å². The van der Waals surface area contributed by atoms with Crippen LogP contribution in [0.4, 0.5) is 5.69 Å². The van der Waals surface area contributed by atoms with Crippen molar-refractivity contribution in [1.82, 2.24) is 5.32 Å². The summed E-state index contributed by atoms with van der Waals surface area (Å²) in [4.78, 5) is 0. The number of halogens is 1. The van der Waals surface area contributed by atoms with Crippen molar-refractivity contribution in [3.63, 3.8) is 0 Å². The van der Waals surface area contributed by atoms with Gasteiger partial charge in [-0.15, -0.1) is 0 Å². The SMILES string of the molecule is COc1ccccc1OCCNC(=S)Nc1ccccc1Cl. The summed E-state index contributed by atoms with van der Waals surface area (Å²) in [6.45, 7) is 1.03. The smallest absolute Gasteiger partial charge is 0.170 e. The van der Waals surface area contributed by atoms with E-state index in [1.165, 1.54) is 0 Å². The molecule has 0 aliphatic heterocycles. The fraction of sp³-hybridized carbons (Fsp3) is 0.188. The molecule has 2 rings (SSSR count). The first-order valence-electron chi connectivity index (χ1n) is 6.76. The van der Waals surface area contributed by atoms with Crippen LogP contribution in [0.5, 0.6) is 11.5 Å². The highest BCUT2D eigenvalue weighted by Gasteiger charge is 2.03. The molecule has 0 spiro atoms. The molecule has 2 aromatic carbocycles. The number of para-hydroxylation sites is 3. The first kappa shape index (κ1) is 16.4. The van der Waals surface area contributed by atoms with Crippen molar-refractivity contribution in [2.45, 2.75) is 0 Å². The molecule has 2 aromatic rings. The van der Waals surface area contributed by atoms with Crippen LogP contribution in [0.1, 0.15) is 0 Å². The Kier molecular flexibility index (Phi) is 6.30. The Morgan fingerprint density at radius 3 is 2.50 bits per heavy atom. The van der Waals surface area contributed by atoms with Gasteiger partial charge in [-0.1, -0.05) is 35.9 Å². The predicted molar refractivity (Wildman–Crippen MR) is 94.2 cm³/mol. The molecule has 22 heavy (non-hydrogen) atoms. The van der Waals surface area contributed by atoms with Crippen LogP contribution in [0.2, 0.25) is 5.02 Å². The minimum atomic E-state index is 0.463. The van der Waals surface area contributed by atoms with E-state index in [-0.39, 0.29) is 0 Å². The normalized spacial score (nSPS) is 9.91. The third-order valence-electron chi connectivity index (χ3n) is 2.84. The van der Waals surface area contributed by atoms with Gasteiger partial charge in [0.1, 0.15) is 6.61 Å². The maximum atomic E-state index is 6.05. The average Bonchev–Trinajstić information content (AvgIpc) is 2.54. The van der Waals surface area contributed by atoms with Crippen molar-refractivity contribution in [3.8, 4) is 11.5 Å². The van der Waals surface area contributed by atoms with Gasteiger partial charge in [0.05, 0.1) is 24.4 Å². The molecule has 0 saturated heterocycles. The zero-order chi connectivity index (χ0) is 15.8. The Bertz CT molecular complexity index is 637. The van der Waals surface area contributed by atoms with Gasteiger partial charge in [0.2, 0.25) is 0 Å². The summed E-state index contributed by atoms with van der Waals surface area (Å²) in [5.74, 6) is 1.41. The molecule has 0 aromatic heterocycles. The van der Waals surface area contributed by atoms with Gasteiger partial charge >= 0.3 is 0 Å². The van der Waals surface area contributed by atoms with Crippen LogP contribution in [-0.4, -0.2) is 25.4 Å². The lowest BCUT2D eigenvalue weighted by atomic mass is 10.3. The number of rotatable bonds is 6. The number of ether oxygens (including phenoxy) is 2. The van der Waals surface area contributed by atoms with Gasteiger partial charge < -0.3 is 20.1 Å². The molecule has 6 heteroatoms. The van der Waals surface area contributed by atoms with Crippen molar-refractivity contribution in [3.05, 3.63) is 53.6 Å². The monoisotopic (exact) mass is 336 g/mol. The largest absolute Gasteiger partial charge is 0.493 e. The van der Waals surface area contributed by atoms with Crippen LogP contribution in [0.25, 0.3) is 0 Å². The van der Waals surface area contributed by atoms with E-state index in [9.17, 15) is 0 Å². The number of hydrogen-bond acceptors (Lipinski definition) is 3. The minimum Gasteiger partial charge on any atom is -0.493 e. The highest BCUT2D eigenvalue weighted by Crippen LogP contribution is 2.25. The lowest BCUT2D eigenvalue weighted by Gasteiger charge is -2.13. The predicted octanol–water partition coefficient (Wildman–Crippen LogP) is 3.71. The second-order valence-electron chi connectivity index (χ2n) is 4.36. The van der Waals surface area contributed by atoms with Gasteiger partial charge in [0.15, 0.2) is 16.6 Å². The standard InChI is InChI=1S/C16H17ClN2O2S/c1-20-14-8-4-5-9-15(14)21-11-10-18-16(22)19-13-7-3-2-6-12(13)17/h2-9H,10-11H2,1H3,(H2,18,19,22). The summed E-state index contributed by atoms with van der Waals surface area (Å²) in [5, 5.41) is 7.22. The van der Waals surface area contributed by atoms with Crippen LogP contribution in [-0.2, 0) is 0 Å². The zero-order valence-electron chi connectivity index (χ0n) is 12.1. The number of thiocarbonyl (C=S) groups is 1. The van der Waals surface area contributed by atoms with Gasteiger partial charge in [-0.2, -0.15) is 0 Å². The maximum Gasteiger partial charge on any atom is 0.170 e. The lowest BCUT2D eigenvalue weighted by molar-refractivity contribution is 0.298. The molecule has 0 aliphatic rings. The molecule has 0 heterocycles. The van der Waals surface area contributed by atoms with Gasteiger partial charge in [0.25, 0.3) is 0 Å². The number of methoxy groups -OCH3 is 1. The lowest BCUT2D eigenvalue weighted by Crippen LogP contribution is -2.32. The summed E-state index contributed by atoms with van der Waals surface area (Å²) in [6, 6.07) is 14.9. The molecule has 4 nitrogen and oxygen atoms in total. The van der Waals surface area contributed by atoms with E-state index in [1.807, 2.05) is 42.5 Å². The molecule has 0 radical (unpaired) electrons. The van der Waals surface area contributed by atoms with Gasteiger partial charge in [0, 0.05) is 0 Å². The summed E-state index contributed by atoms with van der Waals surface area (Å²) in [5.41, 5.74) is 0.771. The summed E-state index contributed by atoms with van der Waals surface area (Å²) >= 11 is 11.3. The topological polar surface area (TPSA) is 42.5 Å². The Labute approximate surface area is 140 Å². The molecule has 0 aliphatic carbocycles. The first-order valence-corrected chi connectivity index (χ1v) is 7.54. The fourth-order valence-electron chi connectivity index (χ4n) is 1.79. The fourth-order valence-corrected chi connectivity index (χ4v) is 2.19. The van der Waals surface area contributed by atoms with Gasteiger partial charge in [-0.25, -0.2) is 0 Å². The molecular formula is C16H17ClN2O2S. The van der Waals surface area contributed by atoms with E-state index in [4.69, 9.17) is 33.3 Å². The maximum absolute atomic E-state index is 6.05. The Balaban J connectivity index is 1.75. The van der Waals surface area contributed by atoms with Crippen LogP contribution in [0, 0.1) is 0 Å². The molecule has 0 saturated carbocycles. The van der Waals surface area contributed by atoms with E-state index in [2.05, 4.69) is 10.6 Å². The Morgan fingerprint density at radius 2 is 1.77 bits per heavy atom. The van der Waals surface area contributed by atoms with E-state index >= 15 is 0 Å². The first-order chi connectivity index (χ1) is 10.7. The zero-order valence-corrected chi connectivity index (χ0v) is 13.7. The van der Waals surface area contributed by atoms with Crippen molar-refractivity contribution in [2.24, 2.45) is 0 Å². The Morgan fingerprint density at radius 1 is 1.09 bits per heavy atom. The molecule has 116 valence electrons. The average molecular weight is 337 g/mol. The molecule has 0 unspecified atom stereocenters. The molecular weight excluding hydrogens is 320 g/mol. The summed E-state index contributed by atoms with van der Waals surface area (Å²) in [7, 11) is 1.61.